The van der Waals surface area contributed by atoms with E-state index in [1.807, 2.05) is 0 Å². The minimum absolute atomic E-state index is 0.629. The van der Waals surface area contributed by atoms with Gasteiger partial charge in [0, 0.05) is 82.5 Å². The Kier molecular flexibility index (Phi) is 13.2. The number of para-hydroxylation sites is 6. The highest BCUT2D eigenvalue weighted by Crippen LogP contribution is 2.43. The zero-order valence-electron chi connectivity index (χ0n) is 54.3. The lowest BCUT2D eigenvalue weighted by molar-refractivity contribution is 1.15. The van der Waals surface area contributed by atoms with Crippen LogP contribution in [0.5, 0.6) is 0 Å². The van der Waals surface area contributed by atoms with Crippen LogP contribution in [-0.2, 0) is 0 Å². The summed E-state index contributed by atoms with van der Waals surface area (Å²) in [5, 5.41) is 9.66. The summed E-state index contributed by atoms with van der Waals surface area (Å²) in [4.78, 5) is 11.2. The van der Waals surface area contributed by atoms with Crippen LogP contribution in [0.3, 0.4) is 0 Å². The second-order valence-corrected chi connectivity index (χ2v) is 26.1. The number of hydrogen-bond donors (Lipinski definition) is 0. The van der Waals surface area contributed by atoms with Gasteiger partial charge in [-0.1, -0.05) is 243 Å². The molecule has 0 atom stereocenters. The minimum Gasteiger partial charge on any atom is -0.309 e. The van der Waals surface area contributed by atoms with Gasteiger partial charge in [0.15, 0.2) is 5.82 Å². The summed E-state index contributed by atoms with van der Waals surface area (Å²) in [6, 6.07) is 132. The van der Waals surface area contributed by atoms with Gasteiger partial charge in [0.05, 0.1) is 55.5 Å². The maximum absolute atomic E-state index is 5.64. The molecule has 0 aliphatic heterocycles. The lowest BCUT2D eigenvalue weighted by Gasteiger charge is -2.15. The van der Waals surface area contributed by atoms with Crippen molar-refractivity contribution in [3.05, 3.63) is 364 Å². The summed E-state index contributed by atoms with van der Waals surface area (Å²) in [6.07, 6.45) is 0. The molecular weight excluding hydrogens is 1210 g/mol. The van der Waals surface area contributed by atoms with Crippen molar-refractivity contribution in [3.8, 4) is 101 Å². The fourth-order valence-electron chi connectivity index (χ4n) is 15.8. The molecule has 0 fully saturated rings. The van der Waals surface area contributed by atoms with Gasteiger partial charge >= 0.3 is 0 Å². The molecule has 20 rings (SSSR count). The van der Waals surface area contributed by atoms with Gasteiger partial charge in [0.2, 0.25) is 0 Å². The van der Waals surface area contributed by atoms with Crippen molar-refractivity contribution in [2.24, 2.45) is 0 Å². The van der Waals surface area contributed by atoms with Gasteiger partial charge in [-0.2, -0.15) is 0 Å². The quantitative estimate of drug-likeness (QED) is 0.130. The van der Waals surface area contributed by atoms with Crippen LogP contribution in [0.2, 0.25) is 0 Å². The summed E-state index contributed by atoms with van der Waals surface area (Å²) in [5.74, 6) is 0.629. The fourth-order valence-corrected chi connectivity index (χ4v) is 15.8. The molecule has 0 saturated heterocycles. The van der Waals surface area contributed by atoms with E-state index in [2.05, 4.69) is 382 Å². The topological polar surface area (TPSA) is 45.5 Å². The summed E-state index contributed by atoms with van der Waals surface area (Å²) in [6.45, 7) is 0. The Morgan fingerprint density at radius 1 is 0.160 bits per heavy atom. The van der Waals surface area contributed by atoms with E-state index in [0.717, 1.165) is 106 Å². The average molecular weight is 1270 g/mol. The first-order valence-electron chi connectivity index (χ1n) is 34.2. The van der Waals surface area contributed by atoms with Crippen LogP contribution >= 0.6 is 0 Å². The van der Waals surface area contributed by atoms with Crippen molar-refractivity contribution in [1.82, 2.24) is 28.2 Å². The Balaban J connectivity index is 0.733. The average Bonchev–Trinajstić information content (AvgIpc) is 1.54. The third kappa shape index (κ3) is 9.34. The second-order valence-electron chi connectivity index (χ2n) is 26.1. The van der Waals surface area contributed by atoms with Gasteiger partial charge in [0.25, 0.3) is 0 Å². The standard InChI is InChI=1S/C94H60N6/c1-4-23-61(24-5-1)74-35-10-11-36-75(74)66-25-20-26-67(53-66)84-60-85(68-27-21-33-72(54-68)99-86-41-16-12-37-76(86)80-49-45-64(58-92(80)99)62-47-51-90-82(56-62)78-39-14-18-43-88(78)97(90)70-29-6-2-7-30-70)96-94(95-84)69-28-22-34-73(55-69)100-87-42-17-13-38-77(87)81-50-46-65(59-93(81)100)63-48-52-91-83(57-63)79-40-15-19-44-89(79)98(91)71-31-8-3-9-32-71/h1-60H. The fraction of sp³-hybridized carbons (Fsp3) is 0. The molecule has 0 bridgehead atoms. The summed E-state index contributed by atoms with van der Waals surface area (Å²) in [5.41, 5.74) is 27.3. The van der Waals surface area contributed by atoms with Crippen molar-refractivity contribution in [2.45, 2.75) is 0 Å². The van der Waals surface area contributed by atoms with Crippen molar-refractivity contribution in [3.63, 3.8) is 0 Å². The maximum atomic E-state index is 5.64. The smallest absolute Gasteiger partial charge is 0.160 e. The molecule has 0 saturated carbocycles. The van der Waals surface area contributed by atoms with Crippen LogP contribution in [0.25, 0.3) is 188 Å². The molecule has 0 unspecified atom stereocenters. The molecule has 100 heavy (non-hydrogen) atoms. The molecule has 6 nitrogen and oxygen atoms in total. The number of aromatic nitrogens is 6. The van der Waals surface area contributed by atoms with Crippen LogP contribution < -0.4 is 0 Å². The second kappa shape index (κ2) is 23.2. The molecular formula is C94H60N6. The summed E-state index contributed by atoms with van der Waals surface area (Å²) >= 11 is 0. The van der Waals surface area contributed by atoms with Crippen LogP contribution in [0.1, 0.15) is 0 Å². The predicted octanol–water partition coefficient (Wildman–Crippen LogP) is 24.5. The predicted molar refractivity (Wildman–Crippen MR) is 417 cm³/mol. The van der Waals surface area contributed by atoms with Gasteiger partial charge in [0.1, 0.15) is 0 Å². The monoisotopic (exact) mass is 1270 g/mol. The van der Waals surface area contributed by atoms with Crippen LogP contribution in [0.15, 0.2) is 364 Å². The molecule has 0 N–H and O–H groups in total. The third-order valence-corrected chi connectivity index (χ3v) is 20.4. The van der Waals surface area contributed by atoms with E-state index in [1.165, 1.54) is 76.3 Å². The van der Waals surface area contributed by atoms with Crippen LogP contribution in [0, 0.1) is 0 Å². The Morgan fingerprint density at radius 2 is 0.480 bits per heavy atom. The number of nitrogens with zero attached hydrogens (tertiary/aromatic N) is 6. The first-order valence-corrected chi connectivity index (χ1v) is 34.2. The van der Waals surface area contributed by atoms with Crippen molar-refractivity contribution in [2.75, 3.05) is 0 Å². The van der Waals surface area contributed by atoms with Crippen LogP contribution in [-0.4, -0.2) is 28.2 Å². The molecule has 0 aliphatic carbocycles. The van der Waals surface area contributed by atoms with Crippen molar-refractivity contribution >= 4 is 87.2 Å². The Bertz CT molecular complexity index is 6310. The molecule has 5 heterocycles. The highest BCUT2D eigenvalue weighted by molar-refractivity contribution is 6.15. The SMILES string of the molecule is c1ccc(-c2ccccc2-c2cccc(-c3cc(-c4cccc(-n5c6ccccc6c6ccc(-c7ccc8c(c7)c7ccccc7n8-c7ccccc7)cc65)c4)nc(-c4cccc(-n5c6ccccc6c6ccc(-c7ccc8c(c7)c7ccccc7n8-c7ccccc7)cc65)c4)n3)c2)cc1. The van der Waals surface area contributed by atoms with E-state index < -0.39 is 0 Å². The molecule has 0 amide bonds. The molecule has 6 heteroatoms. The van der Waals surface area contributed by atoms with E-state index in [0.29, 0.717) is 5.82 Å². The van der Waals surface area contributed by atoms with Gasteiger partial charge in [-0.15, -0.1) is 0 Å². The molecule has 15 aromatic carbocycles. The van der Waals surface area contributed by atoms with E-state index in [1.54, 1.807) is 0 Å². The third-order valence-electron chi connectivity index (χ3n) is 20.4. The van der Waals surface area contributed by atoms with E-state index in [4.69, 9.17) is 9.97 Å². The molecule has 20 aromatic rings. The molecule has 0 aliphatic rings. The van der Waals surface area contributed by atoms with Crippen LogP contribution in [0.4, 0.5) is 0 Å². The number of benzene rings is 15. The minimum atomic E-state index is 0.629. The highest BCUT2D eigenvalue weighted by atomic mass is 15.0. The van der Waals surface area contributed by atoms with Crippen molar-refractivity contribution in [1.29, 1.82) is 0 Å². The number of rotatable bonds is 11. The molecule has 5 aromatic heterocycles. The molecule has 466 valence electrons. The van der Waals surface area contributed by atoms with E-state index in [9.17, 15) is 0 Å². The number of hydrogen-bond acceptors (Lipinski definition) is 2. The molecule has 0 radical (unpaired) electrons. The largest absolute Gasteiger partial charge is 0.309 e. The first kappa shape index (κ1) is 56.9. The zero-order valence-corrected chi connectivity index (χ0v) is 54.3. The Morgan fingerprint density at radius 3 is 0.980 bits per heavy atom. The van der Waals surface area contributed by atoms with Gasteiger partial charge in [-0.25, -0.2) is 9.97 Å². The summed E-state index contributed by atoms with van der Waals surface area (Å²) < 4.78 is 9.60. The lowest BCUT2D eigenvalue weighted by Crippen LogP contribution is -1.99. The highest BCUT2D eigenvalue weighted by Gasteiger charge is 2.22. The normalized spacial score (nSPS) is 11.8. The maximum Gasteiger partial charge on any atom is 0.160 e. The zero-order chi connectivity index (χ0) is 65.8. The van der Waals surface area contributed by atoms with E-state index >= 15 is 0 Å². The summed E-state index contributed by atoms with van der Waals surface area (Å²) in [7, 11) is 0. The van der Waals surface area contributed by atoms with Gasteiger partial charge in [-0.3, -0.25) is 0 Å². The Hall–Kier alpha value is -13.4. The first-order chi connectivity index (χ1) is 49.6. The molecule has 0 spiro atoms. The van der Waals surface area contributed by atoms with Gasteiger partial charge in [-0.05, 0) is 166 Å². The lowest BCUT2D eigenvalue weighted by atomic mass is 9.93. The Labute approximate surface area is 577 Å². The van der Waals surface area contributed by atoms with E-state index in [-0.39, 0.29) is 0 Å². The van der Waals surface area contributed by atoms with Crippen molar-refractivity contribution < 1.29 is 0 Å². The number of fused-ring (bicyclic) bond motifs is 12. The van der Waals surface area contributed by atoms with Gasteiger partial charge < -0.3 is 18.3 Å².